The van der Waals surface area contributed by atoms with Crippen LogP contribution in [0, 0.1) is 6.92 Å². The van der Waals surface area contributed by atoms with Crippen LogP contribution in [0.3, 0.4) is 0 Å². The molecule has 0 aliphatic carbocycles. The summed E-state index contributed by atoms with van der Waals surface area (Å²) in [6, 6.07) is 22.4. The van der Waals surface area contributed by atoms with Crippen LogP contribution >= 0.6 is 12.2 Å². The number of nitrogens with one attached hydrogen (secondary N) is 2. The second-order valence-corrected chi connectivity index (χ2v) is 13.4. The van der Waals surface area contributed by atoms with Crippen LogP contribution in [0.1, 0.15) is 34.9 Å². The number of hydrogen-bond acceptors (Lipinski definition) is 11. The van der Waals surface area contributed by atoms with Gasteiger partial charge in [-0.2, -0.15) is 4.31 Å². The fourth-order valence-electron chi connectivity index (χ4n) is 5.09. The van der Waals surface area contributed by atoms with E-state index in [0.29, 0.717) is 21.9 Å². The Morgan fingerprint density at radius 1 is 1.02 bits per heavy atom. The lowest BCUT2D eigenvalue weighted by Gasteiger charge is -2.28. The third-order valence-electron chi connectivity index (χ3n) is 7.70. The Morgan fingerprint density at radius 2 is 1.63 bits per heavy atom. The Bertz CT molecular complexity index is 1800. The number of amides is 2. The van der Waals surface area contributed by atoms with Crippen molar-refractivity contribution in [3.8, 4) is 0 Å². The Hall–Kier alpha value is -4.96. The summed E-state index contributed by atoms with van der Waals surface area (Å²) in [5.41, 5.74) is 8.46. The predicted molar refractivity (Wildman–Crippen MR) is 187 cm³/mol. The third kappa shape index (κ3) is 9.79. The number of carbonyl (C=O) groups is 2. The molecule has 2 atom stereocenters. The topological polar surface area (TPSA) is 190 Å². The number of carbonyl (C=O) groups excluding carboxylic acids is 2. The van der Waals surface area contributed by atoms with E-state index in [2.05, 4.69) is 20.9 Å². The zero-order valence-corrected chi connectivity index (χ0v) is 28.6. The van der Waals surface area contributed by atoms with Gasteiger partial charge in [-0.25, -0.2) is 17.8 Å². The number of aryl methyl sites for hydroxylation is 1. The van der Waals surface area contributed by atoms with E-state index in [1.165, 1.54) is 31.4 Å². The maximum atomic E-state index is 13.7. The summed E-state index contributed by atoms with van der Waals surface area (Å²) in [7, 11) is -2.91. The van der Waals surface area contributed by atoms with Crippen molar-refractivity contribution in [3.63, 3.8) is 0 Å². The molecule has 13 nitrogen and oxygen atoms in total. The average Bonchev–Trinajstić information content (AvgIpc) is 3.52. The molecule has 0 saturated heterocycles. The summed E-state index contributed by atoms with van der Waals surface area (Å²) in [5.74, 6) is -1.04. The average molecular weight is 707 g/mol. The molecule has 0 fully saturated rings. The molecule has 1 heterocycles. The normalized spacial score (nSPS) is 12.9. The largest absolute Gasteiger partial charge is 0.453 e. The van der Waals surface area contributed by atoms with Crippen LogP contribution in [0.2, 0.25) is 0 Å². The molecule has 49 heavy (non-hydrogen) atoms. The molecule has 0 radical (unpaired) electrons. The van der Waals surface area contributed by atoms with Gasteiger partial charge in [0.15, 0.2) is 0 Å². The van der Waals surface area contributed by atoms with Crippen LogP contribution in [-0.2, 0) is 26.1 Å². The minimum absolute atomic E-state index is 0.0177. The van der Waals surface area contributed by atoms with E-state index in [9.17, 15) is 23.1 Å². The van der Waals surface area contributed by atoms with Gasteiger partial charge in [-0.15, -0.1) is 0 Å². The zero-order chi connectivity index (χ0) is 35.4. The van der Waals surface area contributed by atoms with E-state index in [1.807, 2.05) is 60.7 Å². The molecule has 2 amide bonds. The van der Waals surface area contributed by atoms with Crippen molar-refractivity contribution in [2.24, 2.45) is 0 Å². The molecule has 258 valence electrons. The van der Waals surface area contributed by atoms with Crippen LogP contribution < -0.4 is 16.4 Å². The lowest BCUT2D eigenvalue weighted by molar-refractivity contribution is -0.123. The second-order valence-electron chi connectivity index (χ2n) is 11.0. The number of sulfonamides is 1. The molecule has 0 aliphatic heterocycles. The summed E-state index contributed by atoms with van der Waals surface area (Å²) in [6.07, 6.45) is 2.48. The fourth-order valence-corrected chi connectivity index (χ4v) is 6.85. The number of hydrogen-bond donors (Lipinski definition) is 4. The first-order valence-corrected chi connectivity index (χ1v) is 17.1. The van der Waals surface area contributed by atoms with Gasteiger partial charge in [0, 0.05) is 16.5 Å². The number of benzene rings is 3. The maximum absolute atomic E-state index is 13.7. The number of aromatic nitrogens is 2. The first-order chi connectivity index (χ1) is 23.5. The number of rotatable bonds is 16. The van der Waals surface area contributed by atoms with Gasteiger partial charge in [0.2, 0.25) is 15.9 Å². The van der Waals surface area contributed by atoms with E-state index < -0.39 is 46.6 Å². The second kappa shape index (κ2) is 17.4. The molecule has 4 aromatic rings. The van der Waals surface area contributed by atoms with Crippen molar-refractivity contribution in [1.29, 1.82) is 0 Å². The van der Waals surface area contributed by atoms with Crippen LogP contribution in [0.4, 0.5) is 10.5 Å². The standard InChI is InChI=1S/C34H38N6O7S2/c1-23-30(39-47-38-23)21-40(49(44,45)29-18-16-26(35)17-19-29)27(22-41)14-9-15-28(48)20-36-33(42)32(37-34(43)46-2)31(24-10-5-3-6-11-24)25-12-7-4-8-13-25/h3-13,15-19,27,31-32,41H,14,20-22,35H2,1-2H3,(H,36,42)(H,37,43)/b15-9-. The predicted octanol–water partition coefficient (Wildman–Crippen LogP) is 3.50. The number of aliphatic hydroxyl groups is 1. The smallest absolute Gasteiger partial charge is 0.407 e. The van der Waals surface area contributed by atoms with Crippen molar-refractivity contribution in [2.45, 2.75) is 42.8 Å². The Labute approximate surface area is 290 Å². The monoisotopic (exact) mass is 706 g/mol. The number of nitrogens with zero attached hydrogens (tertiary/aromatic N) is 3. The van der Waals surface area contributed by atoms with E-state index in [-0.39, 0.29) is 24.4 Å². The molecule has 5 N–H and O–H groups in total. The minimum Gasteiger partial charge on any atom is -0.453 e. The number of methoxy groups -OCH3 is 1. The van der Waals surface area contributed by atoms with Gasteiger partial charge in [-0.1, -0.05) is 95.3 Å². The third-order valence-corrected chi connectivity index (χ3v) is 9.89. The van der Waals surface area contributed by atoms with E-state index in [1.54, 1.807) is 19.1 Å². The van der Waals surface area contributed by atoms with Crippen LogP contribution in [-0.4, -0.2) is 77.4 Å². The SMILES string of the molecule is COC(=O)NC(C(=O)NCC(=S)/C=C\CC(CO)N(Cc1nonc1C)S(=O)(=O)c1ccc(N)cc1)C(c1ccccc1)c1ccccc1. The van der Waals surface area contributed by atoms with Gasteiger partial charge < -0.3 is 26.2 Å². The van der Waals surface area contributed by atoms with Gasteiger partial charge in [-0.3, -0.25) is 4.79 Å². The number of anilines is 1. The number of nitrogen functional groups attached to an aromatic ring is 1. The molecule has 0 saturated carbocycles. The molecule has 15 heteroatoms. The Morgan fingerprint density at radius 3 is 2.16 bits per heavy atom. The van der Waals surface area contributed by atoms with Crippen LogP contribution in [0.5, 0.6) is 0 Å². The first kappa shape index (κ1) is 36.9. The number of ether oxygens (including phenoxy) is 1. The number of thiocarbonyl (C=S) groups is 1. The van der Waals surface area contributed by atoms with Crippen molar-refractivity contribution < 1.29 is 32.5 Å². The molecule has 4 rings (SSSR count). The van der Waals surface area contributed by atoms with Gasteiger partial charge >= 0.3 is 6.09 Å². The highest BCUT2D eigenvalue weighted by Crippen LogP contribution is 2.29. The molecule has 0 bridgehead atoms. The van der Waals surface area contributed by atoms with Gasteiger partial charge in [-0.05, 0) is 48.7 Å². The quantitative estimate of drug-likeness (QED) is 0.0758. The van der Waals surface area contributed by atoms with Crippen LogP contribution in [0.25, 0.3) is 0 Å². The molecular weight excluding hydrogens is 669 g/mol. The van der Waals surface area contributed by atoms with E-state index in [4.69, 9.17) is 27.3 Å². The highest BCUT2D eigenvalue weighted by molar-refractivity contribution is 7.89. The molecule has 2 unspecified atom stereocenters. The number of nitrogens with two attached hydrogens (primary N) is 1. The maximum Gasteiger partial charge on any atom is 0.407 e. The Balaban J connectivity index is 1.49. The first-order valence-electron chi connectivity index (χ1n) is 15.2. The van der Waals surface area contributed by atoms with E-state index >= 15 is 0 Å². The lowest BCUT2D eigenvalue weighted by atomic mass is 9.84. The Kier molecular flexibility index (Phi) is 13.1. The van der Waals surface area contributed by atoms with Gasteiger partial charge in [0.25, 0.3) is 0 Å². The van der Waals surface area contributed by atoms with Crippen molar-refractivity contribution >= 4 is 44.8 Å². The van der Waals surface area contributed by atoms with Gasteiger partial charge in [0.1, 0.15) is 17.4 Å². The van der Waals surface area contributed by atoms with Crippen LogP contribution in [0.15, 0.2) is 107 Å². The summed E-state index contributed by atoms with van der Waals surface area (Å²) in [5, 5.41) is 23.4. The fraction of sp³-hybridized carbons (Fsp3) is 0.265. The highest BCUT2D eigenvalue weighted by Gasteiger charge is 2.34. The minimum atomic E-state index is -4.13. The van der Waals surface area contributed by atoms with Crippen molar-refractivity contribution in [1.82, 2.24) is 25.3 Å². The highest BCUT2D eigenvalue weighted by atomic mass is 32.2. The summed E-state index contributed by atoms with van der Waals surface area (Å²) in [4.78, 5) is 26.3. The number of alkyl carbamates (subject to hydrolysis) is 1. The molecule has 0 spiro atoms. The molecule has 3 aromatic carbocycles. The molecular formula is C34H38N6O7S2. The zero-order valence-electron chi connectivity index (χ0n) is 26.9. The molecule has 0 aliphatic rings. The van der Waals surface area contributed by atoms with Crippen molar-refractivity contribution in [2.75, 3.05) is 26.0 Å². The number of aliphatic hydroxyl groups excluding tert-OH is 1. The lowest BCUT2D eigenvalue weighted by Crippen LogP contribution is -2.51. The summed E-state index contributed by atoms with van der Waals surface area (Å²) < 4.78 is 38.2. The molecule has 1 aromatic heterocycles. The van der Waals surface area contributed by atoms with Crippen molar-refractivity contribution in [3.05, 3.63) is 120 Å². The van der Waals surface area contributed by atoms with Gasteiger partial charge in [0.05, 0.1) is 37.7 Å². The van der Waals surface area contributed by atoms with E-state index in [0.717, 1.165) is 15.4 Å². The summed E-state index contributed by atoms with van der Waals surface area (Å²) >= 11 is 5.50. The summed E-state index contributed by atoms with van der Waals surface area (Å²) in [6.45, 7) is 0.850.